The lowest BCUT2D eigenvalue weighted by Crippen LogP contribution is -2.16. The van der Waals surface area contributed by atoms with Crippen molar-refractivity contribution in [2.45, 2.75) is 34.6 Å². The van der Waals surface area contributed by atoms with E-state index >= 15 is 0 Å². The molecule has 0 heterocycles. The molecule has 22 heavy (non-hydrogen) atoms. The predicted octanol–water partition coefficient (Wildman–Crippen LogP) is 7.08. The van der Waals surface area contributed by atoms with Gasteiger partial charge in [-0.05, 0) is 34.6 Å². The van der Waals surface area contributed by atoms with E-state index in [0.717, 1.165) is 19.6 Å². The Morgan fingerprint density at radius 2 is 1.50 bits per heavy atom. The van der Waals surface area contributed by atoms with Gasteiger partial charge in [-0.3, -0.25) is 0 Å². The van der Waals surface area contributed by atoms with Crippen molar-refractivity contribution < 1.29 is 0 Å². The van der Waals surface area contributed by atoms with Gasteiger partial charge >= 0.3 is 0 Å². The lowest BCUT2D eigenvalue weighted by atomic mass is 9.91. The molecule has 0 spiro atoms. The lowest BCUT2D eigenvalue weighted by molar-refractivity contribution is 0.727. The second-order valence-corrected chi connectivity index (χ2v) is 7.65. The molecular weight excluding hydrogens is 304 g/mol. The van der Waals surface area contributed by atoms with Crippen molar-refractivity contribution in [2.75, 3.05) is 0 Å². The van der Waals surface area contributed by atoms with Gasteiger partial charge in [0.25, 0.3) is 0 Å². The van der Waals surface area contributed by atoms with Crippen LogP contribution in [0, 0.1) is 17.3 Å². The molecule has 1 atom stereocenters. The molecular formula is C20H26S2. The number of allylic oxidation sites excluding steroid dienone is 6. The molecule has 0 aromatic carbocycles. The van der Waals surface area contributed by atoms with Gasteiger partial charge in [0.2, 0.25) is 0 Å². The molecule has 0 aromatic heterocycles. The molecule has 0 aromatic rings. The van der Waals surface area contributed by atoms with Crippen LogP contribution in [0.15, 0.2) is 69.7 Å². The average molecular weight is 331 g/mol. The molecule has 2 heteroatoms. The first-order valence-corrected chi connectivity index (χ1v) is 8.64. The highest BCUT2D eigenvalue weighted by atomic mass is 32.2. The first-order valence-electron chi connectivity index (χ1n) is 7.01. The molecule has 0 rings (SSSR count). The van der Waals surface area contributed by atoms with E-state index in [-0.39, 0.29) is 0 Å². The van der Waals surface area contributed by atoms with E-state index in [1.807, 2.05) is 39.0 Å². The third-order valence-electron chi connectivity index (χ3n) is 2.80. The largest absolute Gasteiger partial charge is 0.105 e. The zero-order valence-electron chi connectivity index (χ0n) is 14.4. The van der Waals surface area contributed by atoms with Crippen molar-refractivity contribution >= 4 is 23.5 Å². The first kappa shape index (κ1) is 20.7. The molecule has 0 fully saturated rings. The van der Waals surface area contributed by atoms with Crippen LogP contribution in [0.3, 0.4) is 0 Å². The monoisotopic (exact) mass is 330 g/mol. The van der Waals surface area contributed by atoms with Crippen LogP contribution in [0.2, 0.25) is 0 Å². The van der Waals surface area contributed by atoms with E-state index in [1.165, 1.54) is 5.57 Å². The second kappa shape index (κ2) is 9.66. The Balaban J connectivity index is 5.31. The van der Waals surface area contributed by atoms with Crippen LogP contribution in [0.1, 0.15) is 34.6 Å². The Hall–Kier alpha value is -1.30. The zero-order chi connectivity index (χ0) is 17.3. The highest BCUT2D eigenvalue weighted by Gasteiger charge is 2.30. The predicted molar refractivity (Wildman–Crippen MR) is 108 cm³/mol. The van der Waals surface area contributed by atoms with Crippen LogP contribution in [-0.4, -0.2) is 0 Å². The minimum atomic E-state index is -0.493. The summed E-state index contributed by atoms with van der Waals surface area (Å²) in [6.45, 7) is 26.5. The van der Waals surface area contributed by atoms with E-state index in [4.69, 9.17) is 0 Å². The molecule has 0 amide bonds. The molecule has 0 aliphatic carbocycles. The third kappa shape index (κ3) is 6.64. The maximum absolute atomic E-state index is 4.22. The normalized spacial score (nSPS) is 12.8. The summed E-state index contributed by atoms with van der Waals surface area (Å²) in [5, 5.41) is 0. The molecule has 0 nitrogen and oxygen atoms in total. The van der Waals surface area contributed by atoms with E-state index < -0.39 is 5.41 Å². The average Bonchev–Trinajstić information content (AvgIpc) is 2.37. The molecule has 0 saturated heterocycles. The fraction of sp³-hybridized carbons (Fsp3) is 0.300. The Labute approximate surface area is 145 Å². The van der Waals surface area contributed by atoms with Crippen LogP contribution < -0.4 is 0 Å². The topological polar surface area (TPSA) is 0 Å². The quantitative estimate of drug-likeness (QED) is 0.344. The van der Waals surface area contributed by atoms with Crippen molar-refractivity contribution in [1.82, 2.24) is 0 Å². The third-order valence-corrected chi connectivity index (χ3v) is 4.89. The Bertz CT molecular complexity index is 587. The van der Waals surface area contributed by atoms with Crippen molar-refractivity contribution in [3.05, 3.63) is 69.7 Å². The molecule has 0 aliphatic rings. The van der Waals surface area contributed by atoms with Gasteiger partial charge in [0.1, 0.15) is 0 Å². The molecule has 0 N–H and O–H groups in total. The van der Waals surface area contributed by atoms with Gasteiger partial charge in [0.05, 0.1) is 5.41 Å². The van der Waals surface area contributed by atoms with Crippen LogP contribution >= 0.6 is 23.5 Å². The van der Waals surface area contributed by atoms with Crippen molar-refractivity contribution in [3.8, 4) is 11.8 Å². The highest BCUT2D eigenvalue weighted by molar-refractivity contribution is 8.08. The summed E-state index contributed by atoms with van der Waals surface area (Å²) in [7, 11) is 0. The number of thioether (sulfide) groups is 2. The highest BCUT2D eigenvalue weighted by Crippen LogP contribution is 2.47. The first-order chi connectivity index (χ1) is 10.2. The van der Waals surface area contributed by atoms with Crippen molar-refractivity contribution in [1.29, 1.82) is 0 Å². The number of rotatable bonds is 8. The van der Waals surface area contributed by atoms with Gasteiger partial charge in [-0.1, -0.05) is 79.6 Å². The number of hydrogen-bond donors (Lipinski definition) is 0. The summed E-state index contributed by atoms with van der Waals surface area (Å²) >= 11 is 3.10. The second-order valence-electron chi connectivity index (χ2n) is 5.20. The van der Waals surface area contributed by atoms with Gasteiger partial charge in [-0.25, -0.2) is 0 Å². The van der Waals surface area contributed by atoms with Crippen LogP contribution in [0.4, 0.5) is 0 Å². The number of hydrogen-bond acceptors (Lipinski definition) is 2. The van der Waals surface area contributed by atoms with Crippen LogP contribution in [0.25, 0.3) is 0 Å². The molecule has 0 aliphatic heterocycles. The summed E-state index contributed by atoms with van der Waals surface area (Å²) in [5.74, 6) is 6.25. The van der Waals surface area contributed by atoms with E-state index in [1.54, 1.807) is 23.5 Å². The SMILES string of the molecule is C=C(C=CC)SC(=C)C(C)(C#CC)C(=C)SC(=C)C=C(C)C. The van der Waals surface area contributed by atoms with Crippen LogP contribution in [0.5, 0.6) is 0 Å². The van der Waals surface area contributed by atoms with Gasteiger partial charge in [0.15, 0.2) is 0 Å². The van der Waals surface area contributed by atoms with Gasteiger partial charge in [-0.15, -0.1) is 5.92 Å². The summed E-state index contributed by atoms with van der Waals surface area (Å²) in [4.78, 5) is 3.75. The summed E-state index contributed by atoms with van der Waals surface area (Å²) in [5.41, 5.74) is 0.718. The lowest BCUT2D eigenvalue weighted by Gasteiger charge is -2.28. The van der Waals surface area contributed by atoms with Gasteiger partial charge in [0, 0.05) is 19.6 Å². The molecule has 0 radical (unpaired) electrons. The summed E-state index contributed by atoms with van der Waals surface area (Å²) < 4.78 is 0. The van der Waals surface area contributed by atoms with E-state index in [0.29, 0.717) is 0 Å². The fourth-order valence-electron chi connectivity index (χ4n) is 1.64. The van der Waals surface area contributed by atoms with Crippen LogP contribution in [-0.2, 0) is 0 Å². The molecule has 0 bridgehead atoms. The molecule has 118 valence electrons. The maximum atomic E-state index is 4.22. The van der Waals surface area contributed by atoms with Crippen molar-refractivity contribution in [2.24, 2.45) is 5.41 Å². The Morgan fingerprint density at radius 3 is 1.91 bits per heavy atom. The van der Waals surface area contributed by atoms with E-state index in [2.05, 4.69) is 52.0 Å². The summed E-state index contributed by atoms with van der Waals surface area (Å²) in [6, 6.07) is 0. The minimum Gasteiger partial charge on any atom is -0.105 e. The van der Waals surface area contributed by atoms with Gasteiger partial charge in [-0.2, -0.15) is 0 Å². The van der Waals surface area contributed by atoms with E-state index in [9.17, 15) is 0 Å². The molecule has 1 unspecified atom stereocenters. The Morgan fingerprint density at radius 1 is 1.00 bits per heavy atom. The molecule has 0 saturated carbocycles. The maximum Gasteiger partial charge on any atom is 0.0895 e. The zero-order valence-corrected chi connectivity index (χ0v) is 16.0. The van der Waals surface area contributed by atoms with Gasteiger partial charge < -0.3 is 0 Å². The smallest absolute Gasteiger partial charge is 0.0895 e. The minimum absolute atomic E-state index is 0.493. The standard InChI is InChI=1S/C20H26S2/c1-10-12-16(5)21-18(7)20(9,13-11-2)19(8)22-17(6)14-15(3)4/h10,12,14H,5-8H2,1-4,9H3. The fourth-order valence-corrected chi connectivity index (χ4v) is 3.59. The summed E-state index contributed by atoms with van der Waals surface area (Å²) in [6.07, 6.45) is 5.98. The Kier molecular flexibility index (Phi) is 9.09. The van der Waals surface area contributed by atoms with Crippen molar-refractivity contribution in [3.63, 3.8) is 0 Å².